The maximum absolute atomic E-state index is 12.7. The lowest BCUT2D eigenvalue weighted by atomic mass is 9.99. The molecule has 0 rings (SSSR count). The predicted molar refractivity (Wildman–Crippen MR) is 215 cm³/mol. The van der Waals surface area contributed by atoms with Crippen molar-refractivity contribution in [3.8, 4) is 0 Å². The van der Waals surface area contributed by atoms with Gasteiger partial charge < -0.3 is 14.2 Å². The molecular weight excluding hydrogens is 636 g/mol. The fourth-order valence-electron chi connectivity index (χ4n) is 6.46. The van der Waals surface area contributed by atoms with Crippen LogP contribution >= 0.6 is 0 Å². The second-order valence-corrected chi connectivity index (χ2v) is 16.3. The van der Waals surface area contributed by atoms with E-state index in [4.69, 9.17) is 14.2 Å². The lowest BCUT2D eigenvalue weighted by Gasteiger charge is -2.18. The van der Waals surface area contributed by atoms with Crippen LogP contribution in [0.25, 0.3) is 0 Å². The van der Waals surface area contributed by atoms with E-state index in [2.05, 4.69) is 41.5 Å². The Morgan fingerprint density at radius 2 is 0.686 bits per heavy atom. The lowest BCUT2D eigenvalue weighted by molar-refractivity contribution is -0.167. The zero-order valence-electron chi connectivity index (χ0n) is 34.9. The van der Waals surface area contributed by atoms with Crippen LogP contribution in [0.15, 0.2) is 0 Å². The third-order valence-electron chi connectivity index (χ3n) is 10.6. The number of unbranched alkanes of at least 4 members (excludes halogenated alkanes) is 19. The van der Waals surface area contributed by atoms with Crippen molar-refractivity contribution in [2.24, 2.45) is 17.8 Å². The largest absolute Gasteiger partial charge is 0.462 e. The first kappa shape index (κ1) is 49.4. The second kappa shape index (κ2) is 36.8. The highest BCUT2D eigenvalue weighted by molar-refractivity contribution is 5.71. The molecule has 0 bridgehead atoms. The van der Waals surface area contributed by atoms with Crippen molar-refractivity contribution in [2.45, 2.75) is 240 Å². The first-order valence-electron chi connectivity index (χ1n) is 22.2. The molecule has 0 aromatic rings. The van der Waals surface area contributed by atoms with Gasteiger partial charge in [0.2, 0.25) is 0 Å². The van der Waals surface area contributed by atoms with E-state index in [1.807, 2.05) is 0 Å². The number of esters is 3. The molecule has 0 N–H and O–H groups in total. The van der Waals surface area contributed by atoms with E-state index in [0.717, 1.165) is 75.5 Å². The molecule has 51 heavy (non-hydrogen) atoms. The first-order chi connectivity index (χ1) is 24.7. The van der Waals surface area contributed by atoms with Gasteiger partial charge in [-0.25, -0.2) is 0 Å². The minimum Gasteiger partial charge on any atom is -0.462 e. The monoisotopic (exact) mass is 723 g/mol. The predicted octanol–water partition coefficient (Wildman–Crippen LogP) is 13.7. The van der Waals surface area contributed by atoms with Crippen molar-refractivity contribution in [3.05, 3.63) is 0 Å². The molecule has 0 radical (unpaired) electrons. The highest BCUT2D eigenvalue weighted by Gasteiger charge is 2.19. The summed E-state index contributed by atoms with van der Waals surface area (Å²) in [4.78, 5) is 37.6. The van der Waals surface area contributed by atoms with Crippen LogP contribution in [0.1, 0.15) is 234 Å². The number of ether oxygens (including phenoxy) is 3. The molecule has 6 nitrogen and oxygen atoms in total. The number of carbonyl (C=O) groups excluding carboxylic acids is 3. The second-order valence-electron chi connectivity index (χ2n) is 16.3. The summed E-state index contributed by atoms with van der Waals surface area (Å²) in [6, 6.07) is 0. The van der Waals surface area contributed by atoms with E-state index in [-0.39, 0.29) is 31.1 Å². The first-order valence-corrected chi connectivity index (χ1v) is 22.2. The molecule has 0 aliphatic rings. The average molecular weight is 723 g/mol. The molecule has 0 amide bonds. The summed E-state index contributed by atoms with van der Waals surface area (Å²) in [7, 11) is 0. The van der Waals surface area contributed by atoms with Crippen LogP contribution in [0.4, 0.5) is 0 Å². The lowest BCUT2D eigenvalue weighted by Crippen LogP contribution is -2.30. The van der Waals surface area contributed by atoms with Crippen LogP contribution in [0, 0.1) is 17.8 Å². The Labute approximate surface area is 317 Å². The Morgan fingerprint density at radius 1 is 0.392 bits per heavy atom. The van der Waals surface area contributed by atoms with Gasteiger partial charge in [-0.2, -0.15) is 0 Å². The van der Waals surface area contributed by atoms with Crippen LogP contribution in [-0.2, 0) is 28.6 Å². The summed E-state index contributed by atoms with van der Waals surface area (Å²) in [6.07, 6.45) is 32.3. The molecule has 302 valence electrons. The highest BCUT2D eigenvalue weighted by atomic mass is 16.6. The van der Waals surface area contributed by atoms with Crippen LogP contribution in [0.3, 0.4) is 0 Å². The molecule has 0 aromatic heterocycles. The fourth-order valence-corrected chi connectivity index (χ4v) is 6.46. The van der Waals surface area contributed by atoms with E-state index in [1.165, 1.54) is 116 Å². The Bertz CT molecular complexity index is 796. The van der Waals surface area contributed by atoms with Crippen molar-refractivity contribution in [2.75, 3.05) is 13.2 Å². The van der Waals surface area contributed by atoms with Gasteiger partial charge in [-0.05, 0) is 37.0 Å². The highest BCUT2D eigenvalue weighted by Crippen LogP contribution is 2.17. The zero-order chi connectivity index (χ0) is 37.8. The van der Waals surface area contributed by atoms with Crippen LogP contribution in [0.5, 0.6) is 0 Å². The van der Waals surface area contributed by atoms with Crippen molar-refractivity contribution < 1.29 is 28.6 Å². The van der Waals surface area contributed by atoms with E-state index in [9.17, 15) is 14.4 Å². The average Bonchev–Trinajstić information content (AvgIpc) is 3.11. The van der Waals surface area contributed by atoms with Gasteiger partial charge in [-0.1, -0.05) is 196 Å². The van der Waals surface area contributed by atoms with Crippen LogP contribution in [0.2, 0.25) is 0 Å². The number of hydrogen-bond donors (Lipinski definition) is 0. The Morgan fingerprint density at radius 3 is 1.02 bits per heavy atom. The van der Waals surface area contributed by atoms with Crippen LogP contribution in [-0.4, -0.2) is 37.2 Å². The van der Waals surface area contributed by atoms with Crippen molar-refractivity contribution in [1.82, 2.24) is 0 Å². The molecule has 0 saturated carbocycles. The maximum Gasteiger partial charge on any atom is 0.306 e. The molecule has 0 aliphatic carbocycles. The van der Waals surface area contributed by atoms with Gasteiger partial charge in [-0.15, -0.1) is 0 Å². The maximum atomic E-state index is 12.7. The molecule has 0 spiro atoms. The van der Waals surface area contributed by atoms with Gasteiger partial charge in [0, 0.05) is 19.3 Å². The van der Waals surface area contributed by atoms with Crippen LogP contribution < -0.4 is 0 Å². The quantitative estimate of drug-likeness (QED) is 0.0359. The van der Waals surface area contributed by atoms with Crippen molar-refractivity contribution in [3.63, 3.8) is 0 Å². The topological polar surface area (TPSA) is 78.9 Å². The van der Waals surface area contributed by atoms with Gasteiger partial charge in [0.15, 0.2) is 6.10 Å². The summed E-state index contributed by atoms with van der Waals surface area (Å²) in [5.41, 5.74) is 0. The molecule has 0 saturated heterocycles. The summed E-state index contributed by atoms with van der Waals surface area (Å²) in [5, 5.41) is 0. The number of rotatable bonds is 38. The molecule has 0 aliphatic heterocycles. The molecule has 3 atom stereocenters. The molecule has 0 heterocycles. The number of carbonyl (C=O) groups is 3. The zero-order valence-corrected chi connectivity index (χ0v) is 34.9. The Hall–Kier alpha value is -1.59. The minimum absolute atomic E-state index is 0.0675. The SMILES string of the molecule is CCC(C)CCCCCCCCCCC(=O)OC[C@H](COC(=O)CCCCCCCCC(C)CC)OC(=O)CCCCCCCCCCC(C)C. The Kier molecular flexibility index (Phi) is 35.6. The fraction of sp³-hybridized carbons (Fsp3) is 0.933. The van der Waals surface area contributed by atoms with Crippen molar-refractivity contribution >= 4 is 17.9 Å². The standard InChI is InChI=1S/C45H86O6/c1-7-40(5)32-26-20-14-10-12-15-22-28-34-43(46)49-37-42(38-50-44(47)35-29-23-18-17-21-27-33-41(6)8-2)51-45(48)36-30-24-16-11-9-13-19-25-31-39(3)4/h39-42H,7-38H2,1-6H3/t40?,41?,42-/m1/s1. The van der Waals surface area contributed by atoms with E-state index in [0.29, 0.717) is 19.3 Å². The molecule has 6 heteroatoms. The van der Waals surface area contributed by atoms with Gasteiger partial charge in [0.05, 0.1) is 0 Å². The van der Waals surface area contributed by atoms with E-state index in [1.54, 1.807) is 0 Å². The van der Waals surface area contributed by atoms with E-state index >= 15 is 0 Å². The number of hydrogen-bond acceptors (Lipinski definition) is 6. The van der Waals surface area contributed by atoms with Gasteiger partial charge in [0.1, 0.15) is 13.2 Å². The van der Waals surface area contributed by atoms with Gasteiger partial charge in [-0.3, -0.25) is 14.4 Å². The van der Waals surface area contributed by atoms with Gasteiger partial charge >= 0.3 is 17.9 Å². The normalized spacial score (nSPS) is 13.2. The minimum atomic E-state index is -0.762. The summed E-state index contributed by atoms with van der Waals surface area (Å²) < 4.78 is 16.7. The molecular formula is C45H86O6. The van der Waals surface area contributed by atoms with E-state index < -0.39 is 6.10 Å². The smallest absolute Gasteiger partial charge is 0.306 e. The third kappa shape index (κ3) is 36.6. The third-order valence-corrected chi connectivity index (χ3v) is 10.6. The molecule has 2 unspecified atom stereocenters. The van der Waals surface area contributed by atoms with Crippen molar-refractivity contribution in [1.29, 1.82) is 0 Å². The molecule has 0 aromatic carbocycles. The summed E-state index contributed by atoms with van der Waals surface area (Å²) in [5.74, 6) is 1.59. The summed E-state index contributed by atoms with van der Waals surface area (Å²) >= 11 is 0. The molecule has 0 fully saturated rings. The summed E-state index contributed by atoms with van der Waals surface area (Å²) in [6.45, 7) is 13.6. The Balaban J connectivity index is 4.37. The van der Waals surface area contributed by atoms with Gasteiger partial charge in [0.25, 0.3) is 0 Å².